The zero-order chi connectivity index (χ0) is 10.1. The highest BCUT2D eigenvalue weighted by Gasteiger charge is 2.06. The van der Waals surface area contributed by atoms with Gasteiger partial charge < -0.3 is 5.73 Å². The summed E-state index contributed by atoms with van der Waals surface area (Å²) in [6.07, 6.45) is 1.00. The van der Waals surface area contributed by atoms with E-state index in [1.165, 1.54) is 4.88 Å². The lowest BCUT2D eigenvalue weighted by molar-refractivity contribution is 1.19. The Morgan fingerprint density at radius 1 is 1.43 bits per heavy atom. The zero-order valence-corrected chi connectivity index (χ0v) is 8.69. The largest absolute Gasteiger partial charge is 0.399 e. The van der Waals surface area contributed by atoms with Crippen LogP contribution in [-0.4, -0.2) is 0 Å². The molecule has 1 aromatic carbocycles. The van der Waals surface area contributed by atoms with E-state index in [0.29, 0.717) is 11.3 Å². The third-order valence-corrected chi connectivity index (χ3v) is 3.41. The molecule has 2 nitrogen and oxygen atoms in total. The third kappa shape index (κ3) is 1.34. The van der Waals surface area contributed by atoms with Crippen LogP contribution in [0.4, 0.5) is 5.69 Å². The molecule has 14 heavy (non-hydrogen) atoms. The molecule has 1 aromatic heterocycles. The topological polar surface area (TPSA) is 49.8 Å². The van der Waals surface area contributed by atoms with E-state index < -0.39 is 0 Å². The number of hydrogen-bond donors (Lipinski definition) is 1. The molecule has 0 bridgehead atoms. The molecule has 0 aliphatic rings. The van der Waals surface area contributed by atoms with Gasteiger partial charge in [-0.05, 0) is 24.6 Å². The molecule has 2 rings (SSSR count). The second-order valence-electron chi connectivity index (χ2n) is 3.16. The zero-order valence-electron chi connectivity index (χ0n) is 7.87. The number of fused-ring (bicyclic) bond motifs is 1. The van der Waals surface area contributed by atoms with Gasteiger partial charge in [0.1, 0.15) is 0 Å². The summed E-state index contributed by atoms with van der Waals surface area (Å²) in [5.74, 6) is 0. The van der Waals surface area contributed by atoms with E-state index in [1.54, 1.807) is 17.4 Å². The van der Waals surface area contributed by atoms with Crippen molar-refractivity contribution >= 4 is 27.1 Å². The van der Waals surface area contributed by atoms with Gasteiger partial charge >= 0.3 is 0 Å². The SMILES string of the molecule is CCc1cc2c(C#N)cc(N)cc2s1. The summed E-state index contributed by atoms with van der Waals surface area (Å²) in [5, 5.41) is 9.97. The molecule has 0 amide bonds. The summed E-state index contributed by atoms with van der Waals surface area (Å²) < 4.78 is 1.11. The molecule has 0 spiro atoms. The number of thiophene rings is 1. The van der Waals surface area contributed by atoms with Crippen molar-refractivity contribution in [2.75, 3.05) is 5.73 Å². The van der Waals surface area contributed by atoms with Gasteiger partial charge in [0.2, 0.25) is 0 Å². The Balaban J connectivity index is 2.79. The summed E-state index contributed by atoms with van der Waals surface area (Å²) in [4.78, 5) is 1.29. The van der Waals surface area contributed by atoms with E-state index >= 15 is 0 Å². The Morgan fingerprint density at radius 2 is 2.21 bits per heavy atom. The van der Waals surface area contributed by atoms with E-state index in [9.17, 15) is 0 Å². The van der Waals surface area contributed by atoms with Gasteiger partial charge in [-0.3, -0.25) is 0 Å². The highest BCUT2D eigenvalue weighted by molar-refractivity contribution is 7.19. The number of aryl methyl sites for hydroxylation is 1. The van der Waals surface area contributed by atoms with E-state index in [4.69, 9.17) is 11.0 Å². The van der Waals surface area contributed by atoms with Crippen molar-refractivity contribution in [3.8, 4) is 6.07 Å². The normalized spacial score (nSPS) is 10.3. The van der Waals surface area contributed by atoms with Gasteiger partial charge in [-0.1, -0.05) is 6.92 Å². The van der Waals surface area contributed by atoms with Crippen LogP contribution < -0.4 is 5.73 Å². The number of rotatable bonds is 1. The van der Waals surface area contributed by atoms with Gasteiger partial charge in [0, 0.05) is 20.7 Å². The van der Waals surface area contributed by atoms with Crippen molar-refractivity contribution in [2.24, 2.45) is 0 Å². The Morgan fingerprint density at radius 3 is 2.86 bits per heavy atom. The first-order valence-electron chi connectivity index (χ1n) is 4.46. The molecule has 1 heterocycles. The number of benzene rings is 1. The molecule has 0 radical (unpaired) electrons. The van der Waals surface area contributed by atoms with Crippen LogP contribution in [0.3, 0.4) is 0 Å². The van der Waals surface area contributed by atoms with Gasteiger partial charge in [-0.2, -0.15) is 5.26 Å². The van der Waals surface area contributed by atoms with E-state index in [-0.39, 0.29) is 0 Å². The Bertz CT molecular complexity index is 520. The predicted molar refractivity (Wildman–Crippen MR) is 60.3 cm³/mol. The number of nitrogens with two attached hydrogens (primary N) is 1. The van der Waals surface area contributed by atoms with Crippen molar-refractivity contribution in [3.05, 3.63) is 28.6 Å². The number of hydrogen-bond acceptors (Lipinski definition) is 3. The third-order valence-electron chi connectivity index (χ3n) is 2.18. The summed E-state index contributed by atoms with van der Waals surface area (Å²) in [6.45, 7) is 2.11. The van der Waals surface area contributed by atoms with Crippen LogP contribution in [0.15, 0.2) is 18.2 Å². The van der Waals surface area contributed by atoms with Gasteiger partial charge in [-0.25, -0.2) is 0 Å². The van der Waals surface area contributed by atoms with Gasteiger partial charge in [0.25, 0.3) is 0 Å². The minimum atomic E-state index is 0.665. The monoisotopic (exact) mass is 202 g/mol. The van der Waals surface area contributed by atoms with Crippen LogP contribution in [0.1, 0.15) is 17.4 Å². The minimum absolute atomic E-state index is 0.665. The average molecular weight is 202 g/mol. The van der Waals surface area contributed by atoms with E-state index in [2.05, 4.69) is 19.1 Å². The molecular formula is C11H10N2S. The van der Waals surface area contributed by atoms with Gasteiger partial charge in [0.15, 0.2) is 0 Å². The first kappa shape index (κ1) is 9.04. The average Bonchev–Trinajstić information content (AvgIpc) is 2.59. The molecule has 2 N–H and O–H groups in total. The maximum atomic E-state index is 8.94. The Labute approximate surface area is 86.6 Å². The van der Waals surface area contributed by atoms with Crippen molar-refractivity contribution in [2.45, 2.75) is 13.3 Å². The van der Waals surface area contributed by atoms with Crippen molar-refractivity contribution in [1.29, 1.82) is 5.26 Å². The fraction of sp³-hybridized carbons (Fsp3) is 0.182. The molecule has 70 valence electrons. The van der Waals surface area contributed by atoms with Crippen LogP contribution in [0.25, 0.3) is 10.1 Å². The number of nitriles is 1. The van der Waals surface area contributed by atoms with Crippen LogP contribution in [0, 0.1) is 11.3 Å². The van der Waals surface area contributed by atoms with Crippen LogP contribution in [0.2, 0.25) is 0 Å². The van der Waals surface area contributed by atoms with Crippen LogP contribution in [0.5, 0.6) is 0 Å². The molecule has 3 heteroatoms. The quantitative estimate of drug-likeness (QED) is 0.723. The highest BCUT2D eigenvalue weighted by Crippen LogP contribution is 2.30. The summed E-state index contributed by atoms with van der Waals surface area (Å²) in [7, 11) is 0. The molecule has 0 atom stereocenters. The summed E-state index contributed by atoms with van der Waals surface area (Å²) >= 11 is 1.71. The van der Waals surface area contributed by atoms with Crippen LogP contribution >= 0.6 is 11.3 Å². The second kappa shape index (κ2) is 3.32. The lowest BCUT2D eigenvalue weighted by Crippen LogP contribution is -1.85. The second-order valence-corrected chi connectivity index (χ2v) is 4.33. The molecule has 0 saturated carbocycles. The van der Waals surface area contributed by atoms with Crippen molar-refractivity contribution in [3.63, 3.8) is 0 Å². The molecule has 0 aliphatic heterocycles. The predicted octanol–water partition coefficient (Wildman–Crippen LogP) is 2.92. The fourth-order valence-corrected chi connectivity index (χ4v) is 2.56. The van der Waals surface area contributed by atoms with E-state index in [1.807, 2.05) is 6.07 Å². The molecule has 2 aromatic rings. The lowest BCUT2D eigenvalue weighted by atomic mass is 10.1. The summed E-state index contributed by atoms with van der Waals surface area (Å²) in [5.41, 5.74) is 7.05. The Kier molecular flexibility index (Phi) is 2.14. The Hall–Kier alpha value is -1.53. The van der Waals surface area contributed by atoms with E-state index in [0.717, 1.165) is 16.5 Å². The highest BCUT2D eigenvalue weighted by atomic mass is 32.1. The first-order valence-corrected chi connectivity index (χ1v) is 5.28. The summed E-state index contributed by atoms with van der Waals surface area (Å²) in [6, 6.07) is 7.92. The van der Waals surface area contributed by atoms with Gasteiger partial charge in [0.05, 0.1) is 11.6 Å². The first-order chi connectivity index (χ1) is 6.74. The minimum Gasteiger partial charge on any atom is -0.399 e. The van der Waals surface area contributed by atoms with Crippen molar-refractivity contribution in [1.82, 2.24) is 0 Å². The molecule has 0 aliphatic carbocycles. The lowest BCUT2D eigenvalue weighted by Gasteiger charge is -1.95. The van der Waals surface area contributed by atoms with Crippen LogP contribution in [-0.2, 0) is 6.42 Å². The molecular weight excluding hydrogens is 192 g/mol. The maximum absolute atomic E-state index is 8.94. The van der Waals surface area contributed by atoms with Crippen molar-refractivity contribution < 1.29 is 0 Å². The molecule has 0 unspecified atom stereocenters. The standard InChI is InChI=1S/C11H10N2S/c1-2-9-5-10-7(6-12)3-8(13)4-11(10)14-9/h3-5H,2,13H2,1H3. The molecule has 0 fully saturated rings. The molecule has 0 saturated heterocycles. The maximum Gasteiger partial charge on any atom is 0.0999 e. The number of anilines is 1. The number of nitrogens with zero attached hydrogens (tertiary/aromatic N) is 1. The number of nitrogen functional groups attached to an aromatic ring is 1. The van der Waals surface area contributed by atoms with Gasteiger partial charge in [-0.15, -0.1) is 11.3 Å². The smallest absolute Gasteiger partial charge is 0.0999 e. The fourth-order valence-electron chi connectivity index (χ4n) is 1.48.